The second-order valence-corrected chi connectivity index (χ2v) is 7.07. The minimum Gasteiger partial charge on any atom is -0.394 e. The van der Waals surface area contributed by atoms with Crippen molar-refractivity contribution < 1.29 is 14.6 Å². The Balaban J connectivity index is 1.63. The van der Waals surface area contributed by atoms with Gasteiger partial charge < -0.3 is 14.7 Å². The minimum absolute atomic E-state index is 0.0614. The Morgan fingerprint density at radius 1 is 1.57 bits per heavy atom. The van der Waals surface area contributed by atoms with Gasteiger partial charge in [0.25, 0.3) is 0 Å². The minimum atomic E-state index is 0.0614. The number of aryl methyl sites for hydroxylation is 1. The molecule has 2 heterocycles. The zero-order chi connectivity index (χ0) is 15.1. The number of amides is 1. The van der Waals surface area contributed by atoms with E-state index < -0.39 is 0 Å². The molecule has 1 aliphatic rings. The highest BCUT2D eigenvalue weighted by molar-refractivity contribution is 7.99. The molecule has 2 rings (SSSR count). The predicted octanol–water partition coefficient (Wildman–Crippen LogP) is 1.68. The molecule has 1 amide bonds. The van der Waals surface area contributed by atoms with Crippen LogP contribution in [-0.2, 0) is 15.3 Å². The van der Waals surface area contributed by atoms with Crippen LogP contribution in [0.15, 0.2) is 5.38 Å². The van der Waals surface area contributed by atoms with Gasteiger partial charge in [-0.15, -0.1) is 23.1 Å². The first-order valence-corrected chi connectivity index (χ1v) is 9.21. The zero-order valence-electron chi connectivity index (χ0n) is 12.3. The average molecular weight is 330 g/mol. The predicted molar refractivity (Wildman–Crippen MR) is 85.7 cm³/mol. The molecule has 118 valence electrons. The highest BCUT2D eigenvalue weighted by Crippen LogP contribution is 2.18. The number of hydrogen-bond acceptors (Lipinski definition) is 6. The summed E-state index contributed by atoms with van der Waals surface area (Å²) in [5, 5.41) is 11.9. The summed E-state index contributed by atoms with van der Waals surface area (Å²) in [5.41, 5.74) is 1.06. The smallest absolute Gasteiger partial charge is 0.232 e. The molecular formula is C14H22N2O3S2. The molecular weight excluding hydrogens is 308 g/mol. The van der Waals surface area contributed by atoms with Crippen molar-refractivity contribution in [2.24, 2.45) is 0 Å². The van der Waals surface area contributed by atoms with E-state index in [0.717, 1.165) is 42.4 Å². The van der Waals surface area contributed by atoms with Crippen LogP contribution in [0, 0.1) is 6.92 Å². The number of nitrogens with zero attached hydrogens (tertiary/aromatic N) is 2. The van der Waals surface area contributed by atoms with Crippen LogP contribution in [0.25, 0.3) is 0 Å². The number of ether oxygens (including phenoxy) is 1. The molecule has 0 atom stereocenters. The number of aliphatic hydroxyl groups excluding tert-OH is 1. The van der Waals surface area contributed by atoms with Crippen molar-refractivity contribution >= 4 is 29.0 Å². The van der Waals surface area contributed by atoms with E-state index in [4.69, 9.17) is 9.84 Å². The number of hydrogen-bond donors (Lipinski definition) is 1. The number of thiazole rings is 1. The molecule has 0 spiro atoms. The molecule has 0 bridgehead atoms. The van der Waals surface area contributed by atoms with Gasteiger partial charge in [0.05, 0.1) is 35.8 Å². The van der Waals surface area contributed by atoms with Crippen molar-refractivity contribution in [3.05, 3.63) is 16.1 Å². The number of piperidine rings is 1. The molecule has 0 aliphatic carbocycles. The SMILES string of the molecule is Cc1nc(CSCC(=O)N2CCC(OCCO)CC2)cs1. The third-order valence-electron chi connectivity index (χ3n) is 3.38. The molecule has 0 aromatic carbocycles. The van der Waals surface area contributed by atoms with Crippen LogP contribution in [-0.4, -0.2) is 59.1 Å². The van der Waals surface area contributed by atoms with Gasteiger partial charge in [0.2, 0.25) is 5.91 Å². The number of aliphatic hydroxyl groups is 1. The summed E-state index contributed by atoms with van der Waals surface area (Å²) >= 11 is 3.27. The second kappa shape index (κ2) is 8.73. The normalized spacial score (nSPS) is 16.4. The molecule has 0 radical (unpaired) electrons. The van der Waals surface area contributed by atoms with E-state index in [1.807, 2.05) is 11.8 Å². The number of carbonyl (C=O) groups excluding carboxylic acids is 1. The molecule has 5 nitrogen and oxygen atoms in total. The molecule has 1 fully saturated rings. The lowest BCUT2D eigenvalue weighted by Gasteiger charge is -2.31. The Kier molecular flexibility index (Phi) is 6.95. The van der Waals surface area contributed by atoms with E-state index in [0.29, 0.717) is 12.4 Å². The number of aromatic nitrogens is 1. The highest BCUT2D eigenvalue weighted by Gasteiger charge is 2.22. The lowest BCUT2D eigenvalue weighted by atomic mass is 10.1. The van der Waals surface area contributed by atoms with Gasteiger partial charge in [-0.3, -0.25) is 4.79 Å². The van der Waals surface area contributed by atoms with E-state index in [9.17, 15) is 4.79 Å². The standard InChI is InChI=1S/C14H22N2O3S2/c1-11-15-12(9-21-11)8-20-10-14(18)16-4-2-13(3-5-16)19-7-6-17/h9,13,17H,2-8,10H2,1H3. The van der Waals surface area contributed by atoms with Gasteiger partial charge in [-0.25, -0.2) is 4.98 Å². The monoisotopic (exact) mass is 330 g/mol. The Morgan fingerprint density at radius 2 is 2.33 bits per heavy atom. The quantitative estimate of drug-likeness (QED) is 0.824. The summed E-state index contributed by atoms with van der Waals surface area (Å²) in [4.78, 5) is 18.4. The molecule has 1 saturated heterocycles. The molecule has 0 unspecified atom stereocenters. The Hall–Kier alpha value is -0.630. The average Bonchev–Trinajstić information content (AvgIpc) is 2.91. The first kappa shape index (κ1) is 16.7. The van der Waals surface area contributed by atoms with Crippen molar-refractivity contribution in [2.45, 2.75) is 31.6 Å². The van der Waals surface area contributed by atoms with E-state index >= 15 is 0 Å². The second-order valence-electron chi connectivity index (χ2n) is 5.03. The lowest BCUT2D eigenvalue weighted by Crippen LogP contribution is -2.41. The molecule has 1 aliphatic heterocycles. The van der Waals surface area contributed by atoms with Crippen molar-refractivity contribution in [1.29, 1.82) is 0 Å². The van der Waals surface area contributed by atoms with Crippen LogP contribution in [0.3, 0.4) is 0 Å². The van der Waals surface area contributed by atoms with Crippen LogP contribution in [0.2, 0.25) is 0 Å². The summed E-state index contributed by atoms with van der Waals surface area (Å²) in [6.45, 7) is 3.96. The molecule has 1 aromatic heterocycles. The van der Waals surface area contributed by atoms with Gasteiger partial charge in [-0.2, -0.15) is 0 Å². The maximum absolute atomic E-state index is 12.1. The maximum atomic E-state index is 12.1. The Bertz CT molecular complexity index is 445. The van der Waals surface area contributed by atoms with Crippen molar-refractivity contribution in [3.8, 4) is 0 Å². The Labute approximate surface area is 133 Å². The maximum Gasteiger partial charge on any atom is 0.232 e. The first-order chi connectivity index (χ1) is 10.2. The van der Waals surface area contributed by atoms with Gasteiger partial charge in [-0.1, -0.05) is 0 Å². The van der Waals surface area contributed by atoms with Crippen molar-refractivity contribution in [3.63, 3.8) is 0 Å². The fourth-order valence-corrected chi connectivity index (χ4v) is 3.83. The molecule has 7 heteroatoms. The number of carbonyl (C=O) groups is 1. The van der Waals surface area contributed by atoms with Crippen molar-refractivity contribution in [2.75, 3.05) is 32.1 Å². The van der Waals surface area contributed by atoms with Crippen LogP contribution in [0.4, 0.5) is 0 Å². The van der Waals surface area contributed by atoms with Crippen LogP contribution in [0.1, 0.15) is 23.5 Å². The van der Waals surface area contributed by atoms with Crippen LogP contribution < -0.4 is 0 Å². The summed E-state index contributed by atoms with van der Waals surface area (Å²) in [7, 11) is 0. The molecule has 1 aromatic rings. The number of thioether (sulfide) groups is 1. The molecule has 0 saturated carbocycles. The number of rotatable bonds is 7. The summed E-state index contributed by atoms with van der Waals surface area (Å²) in [6.07, 6.45) is 1.91. The van der Waals surface area contributed by atoms with E-state index in [1.54, 1.807) is 23.1 Å². The third kappa shape index (κ3) is 5.58. The van der Waals surface area contributed by atoms with Gasteiger partial charge in [0.1, 0.15) is 0 Å². The van der Waals surface area contributed by atoms with Gasteiger partial charge >= 0.3 is 0 Å². The topological polar surface area (TPSA) is 62.7 Å². The van der Waals surface area contributed by atoms with Gasteiger partial charge in [0.15, 0.2) is 0 Å². The first-order valence-electron chi connectivity index (χ1n) is 7.18. The highest BCUT2D eigenvalue weighted by atomic mass is 32.2. The lowest BCUT2D eigenvalue weighted by molar-refractivity contribution is -0.131. The van der Waals surface area contributed by atoms with Gasteiger partial charge in [-0.05, 0) is 19.8 Å². The van der Waals surface area contributed by atoms with Crippen LogP contribution in [0.5, 0.6) is 0 Å². The van der Waals surface area contributed by atoms with Crippen LogP contribution >= 0.6 is 23.1 Å². The summed E-state index contributed by atoms with van der Waals surface area (Å²) < 4.78 is 5.50. The third-order valence-corrected chi connectivity index (χ3v) is 5.15. The summed E-state index contributed by atoms with van der Waals surface area (Å²) in [6, 6.07) is 0. The van der Waals surface area contributed by atoms with E-state index in [2.05, 4.69) is 10.4 Å². The fraction of sp³-hybridized carbons (Fsp3) is 0.714. The molecule has 1 N–H and O–H groups in total. The van der Waals surface area contributed by atoms with E-state index in [-0.39, 0.29) is 18.6 Å². The fourth-order valence-electron chi connectivity index (χ4n) is 2.30. The number of likely N-dealkylation sites (tertiary alicyclic amines) is 1. The molecule has 21 heavy (non-hydrogen) atoms. The van der Waals surface area contributed by atoms with Crippen molar-refractivity contribution in [1.82, 2.24) is 9.88 Å². The largest absolute Gasteiger partial charge is 0.394 e. The van der Waals surface area contributed by atoms with E-state index in [1.165, 1.54) is 0 Å². The van der Waals surface area contributed by atoms with Gasteiger partial charge in [0, 0.05) is 24.2 Å². The summed E-state index contributed by atoms with van der Waals surface area (Å²) in [5.74, 6) is 1.51. The Morgan fingerprint density at radius 3 is 2.95 bits per heavy atom. The zero-order valence-corrected chi connectivity index (χ0v) is 13.9.